The molecule has 3 rings (SSSR count). The van der Waals surface area contributed by atoms with Crippen LogP contribution < -0.4 is 83.1 Å². The minimum atomic E-state index is -1.72. The van der Waals surface area contributed by atoms with Crippen LogP contribution in [0.5, 0.6) is 0 Å². The highest BCUT2D eigenvalue weighted by atomic mass is 16.3. The molecule has 9 atom stereocenters. The van der Waals surface area contributed by atoms with Crippen LogP contribution in [0, 0.1) is 5.92 Å². The maximum absolute atomic E-state index is 14.3. The lowest BCUT2D eigenvalue weighted by atomic mass is 10.0. The van der Waals surface area contributed by atoms with E-state index in [1.165, 1.54) is 22.3 Å². The van der Waals surface area contributed by atoms with Crippen LogP contribution in [0.3, 0.4) is 0 Å². The highest BCUT2D eigenvalue weighted by molar-refractivity contribution is 5.98. The summed E-state index contributed by atoms with van der Waals surface area (Å²) in [6, 6.07) is -11.5. The van der Waals surface area contributed by atoms with Crippen LogP contribution in [0.4, 0.5) is 0 Å². The second-order valence-electron chi connectivity index (χ2n) is 20.8. The number of aromatic amines is 1. The predicted molar refractivity (Wildman–Crippen MR) is 301 cm³/mol. The van der Waals surface area contributed by atoms with Gasteiger partial charge in [-0.3, -0.25) is 62.7 Å². The van der Waals surface area contributed by atoms with Gasteiger partial charge in [0.1, 0.15) is 48.3 Å². The first-order valence-corrected chi connectivity index (χ1v) is 27.8. The number of carbonyl (C=O) groups is 11. The second kappa shape index (κ2) is 35.6. The molecule has 0 radical (unpaired) electrons. The molecule has 0 aliphatic carbocycles. The summed E-state index contributed by atoms with van der Waals surface area (Å²) in [4.78, 5) is 165. The Bertz CT molecular complexity index is 2420. The largest absolute Gasteiger partial charge is 0.394 e. The number of guanidine groups is 2. The fourth-order valence-electron chi connectivity index (χ4n) is 9.33. The van der Waals surface area contributed by atoms with Crippen molar-refractivity contribution in [3.63, 3.8) is 0 Å². The molecule has 0 spiro atoms. The molecule has 1 aromatic heterocycles. The summed E-state index contributed by atoms with van der Waals surface area (Å²) >= 11 is 0. The zero-order valence-corrected chi connectivity index (χ0v) is 47.3. The number of nitrogens with one attached hydrogen (secondary N) is 8. The Labute approximate surface area is 480 Å². The lowest BCUT2D eigenvalue weighted by Gasteiger charge is -2.31. The maximum atomic E-state index is 14.3. The van der Waals surface area contributed by atoms with Crippen molar-refractivity contribution in [2.24, 2.45) is 61.8 Å². The van der Waals surface area contributed by atoms with E-state index >= 15 is 0 Å². The summed E-state index contributed by atoms with van der Waals surface area (Å²) in [6.07, 6.45) is 4.86. The van der Waals surface area contributed by atoms with Crippen molar-refractivity contribution in [2.45, 2.75) is 165 Å². The zero-order chi connectivity index (χ0) is 61.8. The van der Waals surface area contributed by atoms with Crippen LogP contribution in [-0.2, 0) is 59.2 Å². The smallest absolute Gasteiger partial charge is 0.245 e. The molecule has 2 aliphatic rings. The van der Waals surface area contributed by atoms with Crippen LogP contribution >= 0.6 is 0 Å². The maximum Gasteiger partial charge on any atom is 0.245 e. The molecule has 25 N–H and O–H groups in total. The van der Waals surface area contributed by atoms with Gasteiger partial charge in [-0.1, -0.05) is 13.8 Å². The van der Waals surface area contributed by atoms with E-state index < -0.39 is 133 Å². The van der Waals surface area contributed by atoms with Gasteiger partial charge < -0.3 is 103 Å². The van der Waals surface area contributed by atoms with E-state index in [-0.39, 0.29) is 115 Å². The molecule has 2 saturated heterocycles. The first kappa shape index (κ1) is 69.1. The Morgan fingerprint density at radius 3 is 1.76 bits per heavy atom. The molecule has 0 unspecified atom stereocenters. The zero-order valence-electron chi connectivity index (χ0n) is 47.3. The number of aliphatic hydroxyl groups is 1. The van der Waals surface area contributed by atoms with E-state index in [0.29, 0.717) is 37.8 Å². The highest BCUT2D eigenvalue weighted by Crippen LogP contribution is 2.21. The number of nitrogens with two attached hydrogens (primary N) is 8. The topological polar surface area (TPSA) is 560 Å². The van der Waals surface area contributed by atoms with Crippen molar-refractivity contribution in [3.05, 3.63) is 18.2 Å². The van der Waals surface area contributed by atoms with Gasteiger partial charge in [0.15, 0.2) is 11.9 Å². The molecule has 2 aliphatic heterocycles. The number of aromatic nitrogens is 2. The number of rotatable bonds is 37. The Balaban J connectivity index is 1.83. The Morgan fingerprint density at radius 1 is 0.651 bits per heavy atom. The van der Waals surface area contributed by atoms with Gasteiger partial charge in [0, 0.05) is 50.9 Å². The lowest BCUT2D eigenvalue weighted by Crippen LogP contribution is -2.61. The van der Waals surface area contributed by atoms with Crippen molar-refractivity contribution in [1.29, 1.82) is 0 Å². The number of amides is 11. The molecule has 0 bridgehead atoms. The van der Waals surface area contributed by atoms with Crippen LogP contribution in [0.2, 0.25) is 0 Å². The minimum absolute atomic E-state index is 0.0206. The number of aliphatic hydroxyl groups excluding tert-OH is 1. The van der Waals surface area contributed by atoms with Crippen molar-refractivity contribution in [3.8, 4) is 0 Å². The fraction of sp³-hybridized carbons (Fsp3) is 0.680. The molecule has 3 heterocycles. The first-order valence-electron chi connectivity index (χ1n) is 27.8. The van der Waals surface area contributed by atoms with E-state index in [4.69, 9.17) is 45.9 Å². The number of primary amides is 2. The SMILES string of the molecule is CC(C)C[C@H](NC(=O)[C@H](CCCN=C(N)N)NC(=O)[C@@H]1CCCN1C(=O)[C@H](CCCN=C(N)N)NC(=O)[C@@H](N)CCC(N)=O)C(=O)N[C@@H](CO)C(=O)N[C@@H](Cc1cnc[nH]1)C(=O)N[C@@H](CCCCN)C(=O)NCC(=O)N1CCC[C@H]1C(N)=O. The monoisotopic (exact) mass is 1170 g/mol. The third kappa shape index (κ3) is 24.0. The standard InChI is InChI=1S/C50H87N21O12/c1-27(2)21-33(67-43(78)31(10-5-17-60-49(55)56)65-47(82)37-13-8-20-71(37)48(83)32(11-6-18-61-50(57)58)66-41(76)29(52)14-15-38(53)73)44(79)69-35(25-72)46(81)68-34(22-28-23-59-26-63-28)45(80)64-30(9-3-4-16-51)42(77)62-24-39(74)70-19-7-12-36(70)40(54)75/h23,26-27,29-37,72H,3-22,24-25,51-52H2,1-2H3,(H2,53,73)(H2,54,75)(H,59,63)(H,62,77)(H,64,80)(H,65,82)(H,66,76)(H,67,78)(H,68,81)(H,69,79)(H4,55,56,60)(H4,57,58,61)/t29-,30-,31-,32-,33-,34-,35-,36-,37-/m0/s1. The number of imidazole rings is 1. The number of hydrogen-bond acceptors (Lipinski definition) is 17. The van der Waals surface area contributed by atoms with Gasteiger partial charge in [0.2, 0.25) is 65.0 Å². The molecule has 2 fully saturated rings. The van der Waals surface area contributed by atoms with E-state index in [1.54, 1.807) is 13.8 Å². The molecule has 11 amide bonds. The van der Waals surface area contributed by atoms with Crippen molar-refractivity contribution in [1.82, 2.24) is 57.0 Å². The number of aliphatic imine (C=N–C) groups is 2. The molecular formula is C50H87N21O12. The van der Waals surface area contributed by atoms with Gasteiger partial charge >= 0.3 is 0 Å². The van der Waals surface area contributed by atoms with E-state index in [9.17, 15) is 57.8 Å². The third-order valence-electron chi connectivity index (χ3n) is 13.7. The van der Waals surface area contributed by atoms with Crippen LogP contribution in [-0.4, -0.2) is 202 Å². The molecule has 1 aromatic rings. The summed E-state index contributed by atoms with van der Waals surface area (Å²) in [7, 11) is 0. The van der Waals surface area contributed by atoms with Crippen molar-refractivity contribution >= 4 is 76.9 Å². The summed E-state index contributed by atoms with van der Waals surface area (Å²) in [6.45, 7) is 2.78. The van der Waals surface area contributed by atoms with Crippen LogP contribution in [0.1, 0.15) is 109 Å². The average Bonchev–Trinajstić information content (AvgIpc) is 4.32. The van der Waals surface area contributed by atoms with E-state index in [2.05, 4.69) is 57.2 Å². The molecule has 33 heteroatoms. The minimum Gasteiger partial charge on any atom is -0.394 e. The number of hydrogen-bond donors (Lipinski definition) is 17. The highest BCUT2D eigenvalue weighted by Gasteiger charge is 2.40. The Morgan fingerprint density at radius 2 is 1.18 bits per heavy atom. The summed E-state index contributed by atoms with van der Waals surface area (Å²) < 4.78 is 0. The Hall–Kier alpha value is -8.20. The van der Waals surface area contributed by atoms with Crippen molar-refractivity contribution in [2.75, 3.05) is 45.9 Å². The van der Waals surface area contributed by atoms with Crippen LogP contribution in [0.25, 0.3) is 0 Å². The molecule has 0 saturated carbocycles. The lowest BCUT2D eigenvalue weighted by molar-refractivity contribution is -0.142. The van der Waals surface area contributed by atoms with Gasteiger partial charge in [0.05, 0.1) is 25.5 Å². The molecule has 83 heavy (non-hydrogen) atoms. The fourth-order valence-corrected chi connectivity index (χ4v) is 9.33. The van der Waals surface area contributed by atoms with Gasteiger partial charge in [-0.05, 0) is 95.9 Å². The third-order valence-corrected chi connectivity index (χ3v) is 13.7. The summed E-state index contributed by atoms with van der Waals surface area (Å²) in [5.41, 5.74) is 44.8. The number of carbonyl (C=O) groups excluding carboxylic acids is 11. The van der Waals surface area contributed by atoms with Crippen molar-refractivity contribution < 1.29 is 57.8 Å². The van der Waals surface area contributed by atoms with Crippen LogP contribution in [0.15, 0.2) is 22.5 Å². The Kier molecular flexibility index (Phi) is 29.6. The van der Waals surface area contributed by atoms with Gasteiger partial charge in [-0.15, -0.1) is 0 Å². The first-order chi connectivity index (χ1) is 39.4. The normalized spacial score (nSPS) is 17.3. The molecule has 464 valence electrons. The van der Waals surface area contributed by atoms with Gasteiger partial charge in [-0.2, -0.15) is 0 Å². The molecule has 33 nitrogen and oxygen atoms in total. The number of likely N-dealkylation sites (tertiary alicyclic amines) is 2. The predicted octanol–water partition coefficient (Wildman–Crippen LogP) is -7.69. The van der Waals surface area contributed by atoms with E-state index in [1.807, 2.05) is 0 Å². The van der Waals surface area contributed by atoms with Gasteiger partial charge in [0.25, 0.3) is 0 Å². The average molecular weight is 1170 g/mol. The van der Waals surface area contributed by atoms with Gasteiger partial charge in [-0.25, -0.2) is 4.98 Å². The number of H-pyrrole nitrogens is 1. The quantitative estimate of drug-likeness (QED) is 0.0167. The second-order valence-corrected chi connectivity index (χ2v) is 20.8. The summed E-state index contributed by atoms with van der Waals surface area (Å²) in [5, 5.41) is 28.6. The summed E-state index contributed by atoms with van der Waals surface area (Å²) in [5.74, 6) is -9.16. The molecular weight excluding hydrogens is 1090 g/mol. The van der Waals surface area contributed by atoms with E-state index in [0.717, 1.165) is 0 Å². The number of unbranched alkanes of at least 4 members (excludes halogenated alkanes) is 1. The molecule has 0 aromatic carbocycles. The number of nitrogens with zero attached hydrogens (tertiary/aromatic N) is 5.